The summed E-state index contributed by atoms with van der Waals surface area (Å²) in [6, 6.07) is 25.3. The fourth-order valence-corrected chi connectivity index (χ4v) is 4.01. The van der Waals surface area contributed by atoms with Crippen LogP contribution in [-0.2, 0) is 6.61 Å². The number of nitrogens with zero attached hydrogens (tertiary/aromatic N) is 2. The molecule has 0 spiro atoms. The van der Waals surface area contributed by atoms with Crippen molar-refractivity contribution in [2.45, 2.75) is 25.4 Å². The van der Waals surface area contributed by atoms with Crippen molar-refractivity contribution in [1.82, 2.24) is 9.88 Å². The Labute approximate surface area is 181 Å². The molecule has 1 saturated heterocycles. The summed E-state index contributed by atoms with van der Waals surface area (Å²) in [7, 11) is 0. The molecule has 5 nitrogen and oxygen atoms in total. The molecule has 0 unspecified atom stereocenters. The van der Waals surface area contributed by atoms with Crippen LogP contribution in [0.15, 0.2) is 83.3 Å². The van der Waals surface area contributed by atoms with Gasteiger partial charge >= 0.3 is 0 Å². The first-order valence-electron chi connectivity index (χ1n) is 10.7. The van der Waals surface area contributed by atoms with E-state index in [2.05, 4.69) is 4.98 Å². The summed E-state index contributed by atoms with van der Waals surface area (Å²) in [6.07, 6.45) is 1.72. The maximum atomic E-state index is 12.9. The van der Waals surface area contributed by atoms with Crippen LogP contribution < -0.4 is 4.74 Å². The largest absolute Gasteiger partial charge is 0.489 e. The predicted octanol–water partition coefficient (Wildman–Crippen LogP) is 5.43. The number of benzene rings is 3. The Morgan fingerprint density at radius 2 is 1.65 bits per heavy atom. The van der Waals surface area contributed by atoms with Crippen LogP contribution in [0.2, 0.25) is 0 Å². The quantitative estimate of drug-likeness (QED) is 0.439. The number of aromatic nitrogens is 1. The van der Waals surface area contributed by atoms with E-state index in [4.69, 9.17) is 9.15 Å². The normalized spacial score (nSPS) is 14.6. The Balaban J connectivity index is 1.17. The molecule has 0 saturated carbocycles. The van der Waals surface area contributed by atoms with Gasteiger partial charge < -0.3 is 14.1 Å². The van der Waals surface area contributed by atoms with E-state index in [1.807, 2.05) is 83.8 Å². The molecule has 1 amide bonds. The molecule has 0 radical (unpaired) electrons. The highest BCUT2D eigenvalue weighted by molar-refractivity contribution is 5.94. The Morgan fingerprint density at radius 3 is 2.39 bits per heavy atom. The fraction of sp³-hybridized carbons (Fsp3) is 0.231. The van der Waals surface area contributed by atoms with Crippen molar-refractivity contribution >= 4 is 17.0 Å². The molecular weight excluding hydrogens is 388 g/mol. The van der Waals surface area contributed by atoms with Crippen molar-refractivity contribution in [3.8, 4) is 5.75 Å². The molecule has 0 aliphatic carbocycles. The lowest BCUT2D eigenvalue weighted by Gasteiger charge is -2.30. The molecular formula is C26H24N2O3. The van der Waals surface area contributed by atoms with Gasteiger partial charge in [0.05, 0.1) is 0 Å². The molecule has 5 rings (SSSR count). The number of fused-ring (bicyclic) bond motifs is 1. The van der Waals surface area contributed by atoms with Crippen LogP contribution >= 0.6 is 0 Å². The standard InChI is InChI=1S/C26H24N2O3/c29-26(21-10-12-22(13-11-21)30-18-19-6-2-1-3-7-19)28-16-14-20(15-17-28)25-27-23-8-4-5-9-24(23)31-25/h1-13,20H,14-18H2. The van der Waals surface area contributed by atoms with Gasteiger partial charge in [-0.2, -0.15) is 0 Å². The molecule has 156 valence electrons. The molecule has 31 heavy (non-hydrogen) atoms. The van der Waals surface area contributed by atoms with Gasteiger partial charge in [-0.05, 0) is 54.8 Å². The Hall–Kier alpha value is -3.60. The second-order valence-corrected chi connectivity index (χ2v) is 7.88. The molecule has 1 aliphatic heterocycles. The smallest absolute Gasteiger partial charge is 0.253 e. The monoisotopic (exact) mass is 412 g/mol. The fourth-order valence-electron chi connectivity index (χ4n) is 4.01. The summed E-state index contributed by atoms with van der Waals surface area (Å²) in [5, 5.41) is 0. The molecule has 4 aromatic rings. The van der Waals surface area contributed by atoms with Gasteiger partial charge in [0.25, 0.3) is 5.91 Å². The molecule has 1 aliphatic rings. The minimum atomic E-state index is 0.0608. The summed E-state index contributed by atoms with van der Waals surface area (Å²) in [5.41, 5.74) is 3.52. The van der Waals surface area contributed by atoms with E-state index >= 15 is 0 Å². The van der Waals surface area contributed by atoms with E-state index in [0.717, 1.165) is 41.1 Å². The highest BCUT2D eigenvalue weighted by Gasteiger charge is 2.27. The van der Waals surface area contributed by atoms with Crippen molar-refractivity contribution in [2.24, 2.45) is 0 Å². The van der Waals surface area contributed by atoms with Gasteiger partial charge in [-0.15, -0.1) is 0 Å². The molecule has 3 aromatic carbocycles. The lowest BCUT2D eigenvalue weighted by atomic mass is 9.96. The second kappa shape index (κ2) is 8.64. The van der Waals surface area contributed by atoms with E-state index in [-0.39, 0.29) is 11.8 Å². The third kappa shape index (κ3) is 4.31. The van der Waals surface area contributed by atoms with Crippen molar-refractivity contribution in [1.29, 1.82) is 0 Å². The summed E-state index contributed by atoms with van der Waals surface area (Å²) in [4.78, 5) is 19.5. The average molecular weight is 412 g/mol. The maximum Gasteiger partial charge on any atom is 0.253 e. The Bertz CT molecular complexity index is 1130. The molecule has 0 atom stereocenters. The van der Waals surface area contributed by atoms with Crippen molar-refractivity contribution < 1.29 is 13.9 Å². The van der Waals surface area contributed by atoms with Gasteiger partial charge in [-0.25, -0.2) is 4.98 Å². The van der Waals surface area contributed by atoms with Crippen LogP contribution in [0.4, 0.5) is 0 Å². The van der Waals surface area contributed by atoms with Crippen LogP contribution in [0.5, 0.6) is 5.75 Å². The second-order valence-electron chi connectivity index (χ2n) is 7.88. The highest BCUT2D eigenvalue weighted by atomic mass is 16.5. The zero-order valence-electron chi connectivity index (χ0n) is 17.2. The first kappa shape index (κ1) is 19.4. The van der Waals surface area contributed by atoms with Crippen LogP contribution in [0, 0.1) is 0 Å². The topological polar surface area (TPSA) is 55.6 Å². The number of carbonyl (C=O) groups excluding carboxylic acids is 1. The minimum absolute atomic E-state index is 0.0608. The van der Waals surface area contributed by atoms with Gasteiger partial charge in [0.2, 0.25) is 0 Å². The van der Waals surface area contributed by atoms with Crippen LogP contribution in [0.1, 0.15) is 40.6 Å². The Morgan fingerprint density at radius 1 is 0.935 bits per heavy atom. The van der Waals surface area contributed by atoms with Crippen LogP contribution in [-0.4, -0.2) is 28.9 Å². The number of carbonyl (C=O) groups is 1. The molecule has 0 bridgehead atoms. The number of rotatable bonds is 5. The molecule has 1 aromatic heterocycles. The highest BCUT2D eigenvalue weighted by Crippen LogP contribution is 2.30. The predicted molar refractivity (Wildman–Crippen MR) is 119 cm³/mol. The minimum Gasteiger partial charge on any atom is -0.489 e. The van der Waals surface area contributed by atoms with Crippen molar-refractivity contribution in [2.75, 3.05) is 13.1 Å². The van der Waals surface area contributed by atoms with E-state index in [1.165, 1.54) is 0 Å². The van der Waals surface area contributed by atoms with E-state index in [9.17, 15) is 4.79 Å². The molecule has 1 fully saturated rings. The van der Waals surface area contributed by atoms with Gasteiger partial charge in [0, 0.05) is 24.6 Å². The number of piperidine rings is 1. The van der Waals surface area contributed by atoms with Gasteiger partial charge in [0.15, 0.2) is 11.5 Å². The summed E-state index contributed by atoms with van der Waals surface area (Å²) in [5.74, 6) is 1.86. The summed E-state index contributed by atoms with van der Waals surface area (Å²) < 4.78 is 11.7. The van der Waals surface area contributed by atoms with E-state index < -0.39 is 0 Å². The van der Waals surface area contributed by atoms with E-state index in [1.54, 1.807) is 0 Å². The lowest BCUT2D eigenvalue weighted by molar-refractivity contribution is 0.0706. The first-order chi connectivity index (χ1) is 15.3. The van der Waals surface area contributed by atoms with Crippen molar-refractivity contribution in [3.63, 3.8) is 0 Å². The zero-order valence-corrected chi connectivity index (χ0v) is 17.2. The third-order valence-electron chi connectivity index (χ3n) is 5.79. The van der Waals surface area contributed by atoms with Gasteiger partial charge in [0.1, 0.15) is 17.9 Å². The SMILES string of the molecule is O=C(c1ccc(OCc2ccccc2)cc1)N1CCC(c2nc3ccccc3o2)CC1. The van der Waals surface area contributed by atoms with E-state index in [0.29, 0.717) is 25.3 Å². The zero-order chi connectivity index (χ0) is 21.0. The molecule has 5 heteroatoms. The lowest BCUT2D eigenvalue weighted by Crippen LogP contribution is -2.37. The van der Waals surface area contributed by atoms with Crippen LogP contribution in [0.25, 0.3) is 11.1 Å². The Kier molecular flexibility index (Phi) is 5.40. The summed E-state index contributed by atoms with van der Waals surface area (Å²) >= 11 is 0. The van der Waals surface area contributed by atoms with Gasteiger partial charge in [-0.1, -0.05) is 42.5 Å². The summed E-state index contributed by atoms with van der Waals surface area (Å²) in [6.45, 7) is 1.92. The molecule has 0 N–H and O–H groups in total. The number of hydrogen-bond acceptors (Lipinski definition) is 4. The van der Waals surface area contributed by atoms with Crippen LogP contribution in [0.3, 0.4) is 0 Å². The number of hydrogen-bond donors (Lipinski definition) is 0. The molecule has 2 heterocycles. The van der Waals surface area contributed by atoms with Crippen molar-refractivity contribution in [3.05, 3.63) is 95.9 Å². The maximum absolute atomic E-state index is 12.9. The number of amides is 1. The first-order valence-corrected chi connectivity index (χ1v) is 10.7. The third-order valence-corrected chi connectivity index (χ3v) is 5.79. The number of para-hydroxylation sites is 2. The average Bonchev–Trinajstić information content (AvgIpc) is 3.28. The number of oxazole rings is 1. The number of likely N-dealkylation sites (tertiary alicyclic amines) is 1. The number of ether oxygens (including phenoxy) is 1. The van der Waals surface area contributed by atoms with Gasteiger partial charge in [-0.3, -0.25) is 4.79 Å².